The van der Waals surface area contributed by atoms with Crippen LogP contribution in [0.2, 0.25) is 0 Å². The standard InChI is InChI=1S/C23H32N4O2/c1-17-12-18(2)14-20(13-17)10-11-24-23(26-16-22(28)27(3)4)25-15-19-6-8-21(29-5)9-7-19/h6-9,12-14H,10-11,15-16H2,1-5H3,(H2,24,25,26). The van der Waals surface area contributed by atoms with E-state index >= 15 is 0 Å². The van der Waals surface area contributed by atoms with Crippen molar-refractivity contribution in [3.8, 4) is 5.75 Å². The van der Waals surface area contributed by atoms with Gasteiger partial charge in [-0.15, -0.1) is 0 Å². The fourth-order valence-electron chi connectivity index (χ4n) is 2.93. The Morgan fingerprint density at radius 1 is 1.00 bits per heavy atom. The van der Waals surface area contributed by atoms with Gasteiger partial charge in [0.15, 0.2) is 5.96 Å². The lowest BCUT2D eigenvalue weighted by molar-refractivity contribution is -0.127. The van der Waals surface area contributed by atoms with Crippen LogP contribution in [0.1, 0.15) is 22.3 Å². The van der Waals surface area contributed by atoms with E-state index in [0.717, 1.165) is 24.3 Å². The number of aliphatic imine (C=N–C) groups is 1. The Morgan fingerprint density at radius 3 is 2.24 bits per heavy atom. The molecule has 2 N–H and O–H groups in total. The maximum absolute atomic E-state index is 11.9. The summed E-state index contributed by atoms with van der Waals surface area (Å²) in [6, 6.07) is 14.4. The molecular formula is C23H32N4O2. The second kappa shape index (κ2) is 11.1. The maximum atomic E-state index is 11.9. The van der Waals surface area contributed by atoms with Crippen molar-refractivity contribution in [1.82, 2.24) is 15.5 Å². The molecule has 2 rings (SSSR count). The highest BCUT2D eigenvalue weighted by Gasteiger charge is 2.06. The summed E-state index contributed by atoms with van der Waals surface area (Å²) in [4.78, 5) is 18.1. The molecule has 0 bridgehead atoms. The Hall–Kier alpha value is -3.02. The van der Waals surface area contributed by atoms with Crippen LogP contribution in [0, 0.1) is 13.8 Å². The monoisotopic (exact) mass is 396 g/mol. The van der Waals surface area contributed by atoms with E-state index in [4.69, 9.17) is 4.74 Å². The first-order chi connectivity index (χ1) is 13.9. The average molecular weight is 397 g/mol. The van der Waals surface area contributed by atoms with Gasteiger partial charge >= 0.3 is 0 Å². The van der Waals surface area contributed by atoms with Gasteiger partial charge in [-0.3, -0.25) is 4.79 Å². The quantitative estimate of drug-likeness (QED) is 0.532. The summed E-state index contributed by atoms with van der Waals surface area (Å²) in [6.07, 6.45) is 0.882. The number of likely N-dealkylation sites (N-methyl/N-ethyl adjacent to an activating group) is 1. The maximum Gasteiger partial charge on any atom is 0.241 e. The normalized spacial score (nSPS) is 11.1. The van der Waals surface area contributed by atoms with Crippen LogP contribution in [-0.4, -0.2) is 51.1 Å². The van der Waals surface area contributed by atoms with E-state index in [9.17, 15) is 4.79 Å². The molecule has 156 valence electrons. The van der Waals surface area contributed by atoms with Crippen molar-refractivity contribution in [1.29, 1.82) is 0 Å². The highest BCUT2D eigenvalue weighted by Crippen LogP contribution is 2.12. The van der Waals surface area contributed by atoms with Gasteiger partial charge in [0, 0.05) is 20.6 Å². The van der Waals surface area contributed by atoms with Crippen LogP contribution >= 0.6 is 0 Å². The number of nitrogens with zero attached hydrogens (tertiary/aromatic N) is 2. The van der Waals surface area contributed by atoms with Crippen molar-refractivity contribution in [3.63, 3.8) is 0 Å². The van der Waals surface area contributed by atoms with Crippen LogP contribution in [0.15, 0.2) is 47.5 Å². The third kappa shape index (κ3) is 7.86. The Balaban J connectivity index is 1.99. The molecule has 0 aliphatic carbocycles. The molecule has 0 radical (unpaired) electrons. The zero-order chi connectivity index (χ0) is 21.2. The molecule has 0 saturated heterocycles. The van der Waals surface area contributed by atoms with Gasteiger partial charge in [0.05, 0.1) is 20.2 Å². The molecule has 1 amide bonds. The van der Waals surface area contributed by atoms with E-state index in [0.29, 0.717) is 12.5 Å². The lowest BCUT2D eigenvalue weighted by Crippen LogP contribution is -2.43. The zero-order valence-electron chi connectivity index (χ0n) is 18.1. The number of hydrogen-bond acceptors (Lipinski definition) is 3. The summed E-state index contributed by atoms with van der Waals surface area (Å²) >= 11 is 0. The van der Waals surface area contributed by atoms with E-state index in [1.54, 1.807) is 26.1 Å². The van der Waals surface area contributed by atoms with Crippen LogP contribution in [0.5, 0.6) is 5.75 Å². The van der Waals surface area contributed by atoms with E-state index < -0.39 is 0 Å². The number of ether oxygens (including phenoxy) is 1. The summed E-state index contributed by atoms with van der Waals surface area (Å²) in [5.74, 6) is 1.44. The average Bonchev–Trinajstić information content (AvgIpc) is 2.68. The summed E-state index contributed by atoms with van der Waals surface area (Å²) in [5, 5.41) is 6.46. The fourth-order valence-corrected chi connectivity index (χ4v) is 2.93. The minimum Gasteiger partial charge on any atom is -0.497 e. The Bertz CT molecular complexity index is 809. The number of rotatable bonds is 8. The largest absolute Gasteiger partial charge is 0.497 e. The molecule has 2 aromatic rings. The molecule has 6 heteroatoms. The molecule has 0 atom stereocenters. The van der Waals surface area contributed by atoms with Crippen molar-refractivity contribution < 1.29 is 9.53 Å². The van der Waals surface area contributed by atoms with Gasteiger partial charge in [-0.25, -0.2) is 4.99 Å². The van der Waals surface area contributed by atoms with Crippen molar-refractivity contribution in [2.75, 3.05) is 34.3 Å². The van der Waals surface area contributed by atoms with Gasteiger partial charge in [0.25, 0.3) is 0 Å². The van der Waals surface area contributed by atoms with Crippen molar-refractivity contribution in [3.05, 3.63) is 64.7 Å². The van der Waals surface area contributed by atoms with Crippen LogP contribution in [-0.2, 0) is 17.8 Å². The molecule has 0 saturated carbocycles. The number of aryl methyl sites for hydroxylation is 2. The van der Waals surface area contributed by atoms with E-state index in [1.807, 2.05) is 24.3 Å². The fraction of sp³-hybridized carbons (Fsp3) is 0.391. The highest BCUT2D eigenvalue weighted by molar-refractivity contribution is 5.86. The van der Waals surface area contributed by atoms with Gasteiger partial charge in [-0.05, 0) is 43.5 Å². The van der Waals surface area contributed by atoms with Crippen molar-refractivity contribution >= 4 is 11.9 Å². The Morgan fingerprint density at radius 2 is 1.66 bits per heavy atom. The molecule has 0 aromatic heterocycles. The predicted molar refractivity (Wildman–Crippen MR) is 118 cm³/mol. The number of methoxy groups -OCH3 is 1. The van der Waals surface area contributed by atoms with Gasteiger partial charge in [-0.1, -0.05) is 41.5 Å². The van der Waals surface area contributed by atoms with Gasteiger partial charge < -0.3 is 20.3 Å². The first kappa shape index (κ1) is 22.3. The summed E-state index contributed by atoms with van der Waals surface area (Å²) in [6.45, 7) is 5.66. The molecule has 6 nitrogen and oxygen atoms in total. The van der Waals surface area contributed by atoms with Crippen LogP contribution in [0.3, 0.4) is 0 Å². The molecule has 0 heterocycles. The molecule has 0 spiro atoms. The van der Waals surface area contributed by atoms with Crippen LogP contribution in [0.25, 0.3) is 0 Å². The van der Waals surface area contributed by atoms with Crippen molar-refractivity contribution in [2.45, 2.75) is 26.8 Å². The Kier molecular flexibility index (Phi) is 8.52. The minimum atomic E-state index is -0.00161. The first-order valence-corrected chi connectivity index (χ1v) is 9.80. The third-order valence-electron chi connectivity index (χ3n) is 4.47. The van der Waals surface area contributed by atoms with Gasteiger partial charge in [0.2, 0.25) is 5.91 Å². The second-order valence-electron chi connectivity index (χ2n) is 7.33. The number of carbonyl (C=O) groups excluding carboxylic acids is 1. The van der Waals surface area contributed by atoms with Crippen molar-refractivity contribution in [2.24, 2.45) is 4.99 Å². The molecule has 0 aliphatic heterocycles. The molecule has 0 aliphatic rings. The second-order valence-corrected chi connectivity index (χ2v) is 7.33. The molecular weight excluding hydrogens is 364 g/mol. The minimum absolute atomic E-state index is 0.00161. The third-order valence-corrected chi connectivity index (χ3v) is 4.47. The van der Waals surface area contributed by atoms with Gasteiger partial charge in [-0.2, -0.15) is 0 Å². The van der Waals surface area contributed by atoms with Gasteiger partial charge in [0.1, 0.15) is 5.75 Å². The van der Waals surface area contributed by atoms with Crippen LogP contribution in [0.4, 0.5) is 0 Å². The molecule has 0 fully saturated rings. The lowest BCUT2D eigenvalue weighted by Gasteiger charge is -2.15. The smallest absolute Gasteiger partial charge is 0.241 e. The number of nitrogens with one attached hydrogen (secondary N) is 2. The molecule has 2 aromatic carbocycles. The Labute approximate surface area is 174 Å². The number of benzene rings is 2. The van der Waals surface area contributed by atoms with E-state index in [1.165, 1.54) is 16.7 Å². The number of amides is 1. The summed E-state index contributed by atoms with van der Waals surface area (Å²) in [5.41, 5.74) is 4.89. The highest BCUT2D eigenvalue weighted by atomic mass is 16.5. The topological polar surface area (TPSA) is 66.0 Å². The lowest BCUT2D eigenvalue weighted by atomic mass is 10.1. The number of guanidine groups is 1. The SMILES string of the molecule is COc1ccc(CN=C(NCCc2cc(C)cc(C)c2)NCC(=O)N(C)C)cc1. The summed E-state index contributed by atoms with van der Waals surface area (Å²) in [7, 11) is 5.13. The predicted octanol–water partition coefficient (Wildman–Crippen LogP) is 2.68. The first-order valence-electron chi connectivity index (χ1n) is 9.80. The number of carbonyl (C=O) groups is 1. The van der Waals surface area contributed by atoms with Crippen LogP contribution < -0.4 is 15.4 Å². The molecule has 29 heavy (non-hydrogen) atoms. The van der Waals surface area contributed by atoms with E-state index in [2.05, 4.69) is 47.7 Å². The zero-order valence-corrected chi connectivity index (χ0v) is 18.1. The summed E-state index contributed by atoms with van der Waals surface area (Å²) < 4.78 is 5.19. The number of hydrogen-bond donors (Lipinski definition) is 2. The van der Waals surface area contributed by atoms with E-state index in [-0.39, 0.29) is 12.5 Å². The molecule has 0 unspecified atom stereocenters.